The summed E-state index contributed by atoms with van der Waals surface area (Å²) in [5, 5.41) is 2.77. The smallest absolute Gasteiger partial charge is 0.261 e. The molecule has 1 saturated heterocycles. The number of likely N-dealkylation sites (tertiary alicyclic amines) is 1. The topological polar surface area (TPSA) is 95.6 Å². The van der Waals surface area contributed by atoms with Crippen LogP contribution in [0.15, 0.2) is 52.3 Å². The van der Waals surface area contributed by atoms with E-state index < -0.39 is 10.0 Å². The van der Waals surface area contributed by atoms with Crippen molar-refractivity contribution in [1.29, 1.82) is 0 Å². The molecule has 9 heteroatoms. The largest absolute Gasteiger partial charge is 0.352 e. The van der Waals surface area contributed by atoms with Crippen LogP contribution < -0.4 is 10.0 Å². The third-order valence-electron chi connectivity index (χ3n) is 5.73. The number of amides is 2. The Kier molecular flexibility index (Phi) is 8.42. The van der Waals surface area contributed by atoms with Gasteiger partial charge in [-0.05, 0) is 61.8 Å². The molecule has 0 aliphatic carbocycles. The van der Waals surface area contributed by atoms with Crippen LogP contribution in [0.2, 0.25) is 0 Å². The Hall–Kier alpha value is -2.52. The van der Waals surface area contributed by atoms with E-state index in [0.29, 0.717) is 31.1 Å². The standard InChI is InChI=1S/C24H31N3O4S2/c1-4-13-25-23(28)19-7-5-6-8-21(19)26-33(30,31)18-9-10-22(32-3)20(16-18)24(29)27-14-11-17(2)12-15-27/h5-10,16-17,26H,4,11-15H2,1-3H3,(H,25,28). The van der Waals surface area contributed by atoms with E-state index >= 15 is 0 Å². The first-order valence-electron chi connectivity index (χ1n) is 11.1. The van der Waals surface area contributed by atoms with Gasteiger partial charge >= 0.3 is 0 Å². The van der Waals surface area contributed by atoms with E-state index in [2.05, 4.69) is 17.0 Å². The summed E-state index contributed by atoms with van der Waals surface area (Å²) in [6, 6.07) is 11.1. The Morgan fingerprint density at radius 2 is 1.79 bits per heavy atom. The predicted octanol–water partition coefficient (Wildman–Crippen LogP) is 4.22. The van der Waals surface area contributed by atoms with Crippen LogP contribution in [0, 0.1) is 5.92 Å². The maximum Gasteiger partial charge on any atom is 0.261 e. The lowest BCUT2D eigenvalue weighted by atomic mass is 9.98. The minimum atomic E-state index is -4.02. The van der Waals surface area contributed by atoms with E-state index in [0.717, 1.165) is 24.2 Å². The third kappa shape index (κ3) is 6.09. The van der Waals surface area contributed by atoms with E-state index in [4.69, 9.17) is 0 Å². The van der Waals surface area contributed by atoms with E-state index in [1.165, 1.54) is 23.9 Å². The van der Waals surface area contributed by atoms with Crippen molar-refractivity contribution < 1.29 is 18.0 Å². The number of hydrogen-bond donors (Lipinski definition) is 2. The van der Waals surface area contributed by atoms with Gasteiger partial charge in [0.25, 0.3) is 21.8 Å². The summed E-state index contributed by atoms with van der Waals surface area (Å²) in [4.78, 5) is 28.2. The lowest BCUT2D eigenvalue weighted by molar-refractivity contribution is 0.0693. The van der Waals surface area contributed by atoms with Gasteiger partial charge in [-0.2, -0.15) is 0 Å². The highest BCUT2D eigenvalue weighted by Crippen LogP contribution is 2.28. The predicted molar refractivity (Wildman–Crippen MR) is 132 cm³/mol. The molecule has 2 N–H and O–H groups in total. The fourth-order valence-electron chi connectivity index (χ4n) is 3.71. The molecule has 0 unspecified atom stereocenters. The van der Waals surface area contributed by atoms with Crippen LogP contribution in [0.3, 0.4) is 0 Å². The molecule has 2 aromatic carbocycles. The third-order valence-corrected chi connectivity index (χ3v) is 7.89. The molecule has 33 heavy (non-hydrogen) atoms. The van der Waals surface area contributed by atoms with Crippen LogP contribution >= 0.6 is 11.8 Å². The number of rotatable bonds is 8. The van der Waals surface area contributed by atoms with Crippen LogP contribution in [0.5, 0.6) is 0 Å². The van der Waals surface area contributed by atoms with Gasteiger partial charge in [0.15, 0.2) is 0 Å². The number of thioether (sulfide) groups is 1. The molecule has 0 atom stereocenters. The first-order valence-corrected chi connectivity index (χ1v) is 13.8. The number of hydrogen-bond acceptors (Lipinski definition) is 5. The number of benzene rings is 2. The Morgan fingerprint density at radius 3 is 2.45 bits per heavy atom. The maximum atomic E-state index is 13.2. The van der Waals surface area contributed by atoms with E-state index in [9.17, 15) is 18.0 Å². The van der Waals surface area contributed by atoms with Crippen LogP contribution in [-0.2, 0) is 10.0 Å². The van der Waals surface area contributed by atoms with Crippen molar-refractivity contribution in [3.05, 3.63) is 53.6 Å². The molecular weight excluding hydrogens is 458 g/mol. The molecule has 0 radical (unpaired) electrons. The number of carbonyl (C=O) groups excluding carboxylic acids is 2. The minimum absolute atomic E-state index is 0.0159. The highest BCUT2D eigenvalue weighted by Gasteiger charge is 2.26. The van der Waals surface area contributed by atoms with Crippen molar-refractivity contribution in [3.63, 3.8) is 0 Å². The first kappa shape index (κ1) is 25.1. The summed E-state index contributed by atoms with van der Waals surface area (Å²) in [5.74, 6) is 0.0882. The second kappa shape index (κ2) is 11.1. The monoisotopic (exact) mass is 489 g/mol. The summed E-state index contributed by atoms with van der Waals surface area (Å²) in [6.07, 6.45) is 4.52. The van der Waals surface area contributed by atoms with E-state index in [-0.39, 0.29) is 28.0 Å². The van der Waals surface area contributed by atoms with E-state index in [1.54, 1.807) is 35.2 Å². The molecule has 1 heterocycles. The molecule has 1 fully saturated rings. The van der Waals surface area contributed by atoms with Crippen LogP contribution in [0.25, 0.3) is 0 Å². The highest BCUT2D eigenvalue weighted by atomic mass is 32.2. The number of nitrogens with zero attached hydrogens (tertiary/aromatic N) is 1. The van der Waals surface area contributed by atoms with Crippen molar-refractivity contribution in [2.24, 2.45) is 5.92 Å². The average Bonchev–Trinajstić information content (AvgIpc) is 2.82. The van der Waals surface area contributed by atoms with Crippen molar-refractivity contribution in [1.82, 2.24) is 10.2 Å². The van der Waals surface area contributed by atoms with Gasteiger partial charge in [0, 0.05) is 24.5 Å². The molecular formula is C24H31N3O4S2. The fourth-order valence-corrected chi connectivity index (χ4v) is 5.39. The van der Waals surface area contributed by atoms with Crippen LogP contribution in [0.1, 0.15) is 53.8 Å². The summed E-state index contributed by atoms with van der Waals surface area (Å²) in [6.45, 7) is 5.95. The maximum absolute atomic E-state index is 13.2. The SMILES string of the molecule is CCCNC(=O)c1ccccc1NS(=O)(=O)c1ccc(SC)c(C(=O)N2CCC(C)CC2)c1. The lowest BCUT2D eigenvalue weighted by Gasteiger charge is -2.30. The quantitative estimate of drug-likeness (QED) is 0.541. The average molecular weight is 490 g/mol. The number of carbonyl (C=O) groups is 2. The van der Waals surface area contributed by atoms with Crippen molar-refractivity contribution >= 4 is 39.3 Å². The Morgan fingerprint density at radius 1 is 1.09 bits per heavy atom. The fraction of sp³-hybridized carbons (Fsp3) is 0.417. The summed E-state index contributed by atoms with van der Waals surface area (Å²) in [7, 11) is -4.02. The first-order chi connectivity index (χ1) is 15.8. The summed E-state index contributed by atoms with van der Waals surface area (Å²) in [5.41, 5.74) is 0.820. The number of piperidine rings is 1. The van der Waals surface area contributed by atoms with Gasteiger partial charge < -0.3 is 10.2 Å². The number of sulfonamides is 1. The molecule has 0 spiro atoms. The van der Waals surface area contributed by atoms with Crippen LogP contribution in [0.4, 0.5) is 5.69 Å². The molecule has 2 aromatic rings. The summed E-state index contributed by atoms with van der Waals surface area (Å²) < 4.78 is 28.9. The van der Waals surface area contributed by atoms with Gasteiger partial charge in [-0.3, -0.25) is 14.3 Å². The van der Waals surface area contributed by atoms with Gasteiger partial charge in [-0.15, -0.1) is 11.8 Å². The molecule has 0 saturated carbocycles. The Balaban J connectivity index is 1.90. The zero-order valence-corrected chi connectivity index (χ0v) is 20.9. The van der Waals surface area contributed by atoms with Crippen molar-refractivity contribution in [2.75, 3.05) is 30.6 Å². The van der Waals surface area contributed by atoms with Crippen molar-refractivity contribution in [3.8, 4) is 0 Å². The van der Waals surface area contributed by atoms with E-state index in [1.807, 2.05) is 13.2 Å². The normalized spacial score (nSPS) is 14.7. The number of nitrogens with one attached hydrogen (secondary N) is 2. The second-order valence-corrected chi connectivity index (χ2v) is 10.8. The molecule has 0 bridgehead atoms. The zero-order valence-electron chi connectivity index (χ0n) is 19.3. The van der Waals surface area contributed by atoms with Crippen LogP contribution in [-0.4, -0.2) is 51.0 Å². The minimum Gasteiger partial charge on any atom is -0.352 e. The number of anilines is 1. The second-order valence-electron chi connectivity index (χ2n) is 8.24. The molecule has 1 aliphatic heterocycles. The molecule has 3 rings (SSSR count). The lowest BCUT2D eigenvalue weighted by Crippen LogP contribution is -2.38. The summed E-state index contributed by atoms with van der Waals surface area (Å²) >= 11 is 1.41. The van der Waals surface area contributed by atoms with Gasteiger partial charge in [-0.25, -0.2) is 8.42 Å². The zero-order chi connectivity index (χ0) is 24.0. The molecule has 178 valence electrons. The Labute approximate surface area is 200 Å². The van der Waals surface area contributed by atoms with Gasteiger partial charge in [0.1, 0.15) is 0 Å². The molecule has 2 amide bonds. The highest BCUT2D eigenvalue weighted by molar-refractivity contribution is 7.98. The van der Waals surface area contributed by atoms with Gasteiger partial charge in [0.05, 0.1) is 21.7 Å². The van der Waals surface area contributed by atoms with Gasteiger partial charge in [0.2, 0.25) is 0 Å². The van der Waals surface area contributed by atoms with Crippen molar-refractivity contribution in [2.45, 2.75) is 42.9 Å². The Bertz CT molecular complexity index is 1110. The van der Waals surface area contributed by atoms with Gasteiger partial charge in [-0.1, -0.05) is 26.0 Å². The number of para-hydroxylation sites is 1. The molecule has 7 nitrogen and oxygen atoms in total. The molecule has 1 aliphatic rings. The molecule has 0 aromatic heterocycles.